The van der Waals surface area contributed by atoms with Gasteiger partial charge in [-0.05, 0) is 30.2 Å². The first kappa shape index (κ1) is 15.9. The number of nitrogens with zero attached hydrogens (tertiary/aromatic N) is 2. The van der Waals surface area contributed by atoms with Crippen LogP contribution in [0.5, 0.6) is 0 Å². The Kier molecular flexibility index (Phi) is 4.85. The molecule has 0 bridgehead atoms. The molecule has 0 radical (unpaired) electrons. The molecule has 0 aliphatic rings. The molecule has 0 saturated heterocycles. The van der Waals surface area contributed by atoms with E-state index in [4.69, 9.17) is 0 Å². The molecule has 0 spiro atoms. The Bertz CT molecular complexity index is 835. The summed E-state index contributed by atoms with van der Waals surface area (Å²) in [4.78, 5) is 22.4. The van der Waals surface area contributed by atoms with E-state index in [-0.39, 0.29) is 11.3 Å². The molecule has 2 rings (SSSR count). The summed E-state index contributed by atoms with van der Waals surface area (Å²) in [5, 5.41) is 22.6. The Morgan fingerprint density at radius 3 is 2.65 bits per heavy atom. The minimum atomic E-state index is -0.562. The van der Waals surface area contributed by atoms with E-state index in [0.717, 1.165) is 5.56 Å². The van der Waals surface area contributed by atoms with E-state index in [1.165, 1.54) is 24.3 Å². The van der Waals surface area contributed by atoms with Gasteiger partial charge in [0.2, 0.25) is 0 Å². The van der Waals surface area contributed by atoms with Gasteiger partial charge >= 0.3 is 0 Å². The number of nitro groups is 1. The number of para-hydroxylation sites is 1. The van der Waals surface area contributed by atoms with Gasteiger partial charge in [-0.2, -0.15) is 5.26 Å². The quantitative estimate of drug-likeness (QED) is 0.405. The van der Waals surface area contributed by atoms with Crippen molar-refractivity contribution >= 4 is 23.4 Å². The Hall–Kier alpha value is -3.46. The average molecular weight is 307 g/mol. The molecule has 0 aliphatic heterocycles. The Morgan fingerprint density at radius 2 is 2.00 bits per heavy atom. The molecule has 6 nitrogen and oxygen atoms in total. The van der Waals surface area contributed by atoms with E-state index in [0.29, 0.717) is 11.3 Å². The number of carbonyl (C=O) groups excluding carboxylic acids is 1. The van der Waals surface area contributed by atoms with Crippen LogP contribution in [0.25, 0.3) is 6.08 Å². The minimum Gasteiger partial charge on any atom is -0.321 e. The van der Waals surface area contributed by atoms with Gasteiger partial charge in [-0.15, -0.1) is 0 Å². The minimum absolute atomic E-state index is 0.102. The van der Waals surface area contributed by atoms with Crippen molar-refractivity contribution in [3.8, 4) is 6.07 Å². The number of carbonyl (C=O) groups is 1. The highest BCUT2D eigenvalue weighted by Gasteiger charge is 2.12. The van der Waals surface area contributed by atoms with Crippen molar-refractivity contribution in [2.45, 2.75) is 6.92 Å². The predicted octanol–water partition coefficient (Wildman–Crippen LogP) is 3.45. The molecule has 1 N–H and O–H groups in total. The van der Waals surface area contributed by atoms with Gasteiger partial charge in [-0.25, -0.2) is 0 Å². The van der Waals surface area contributed by atoms with Crippen LogP contribution in [0.4, 0.5) is 11.4 Å². The molecule has 0 aromatic heterocycles. The zero-order valence-corrected chi connectivity index (χ0v) is 12.3. The summed E-state index contributed by atoms with van der Waals surface area (Å²) in [6.45, 7) is 1.84. The summed E-state index contributed by atoms with van der Waals surface area (Å²) in [7, 11) is 0. The first-order chi connectivity index (χ1) is 11.0. The third kappa shape index (κ3) is 4.02. The van der Waals surface area contributed by atoms with Crippen molar-refractivity contribution in [1.82, 2.24) is 0 Å². The van der Waals surface area contributed by atoms with Crippen LogP contribution in [0.2, 0.25) is 0 Å². The van der Waals surface area contributed by atoms with E-state index in [1.807, 2.05) is 25.1 Å². The topological polar surface area (TPSA) is 96.0 Å². The number of hydrogen-bond donors (Lipinski definition) is 1. The molecule has 23 heavy (non-hydrogen) atoms. The number of aryl methyl sites for hydroxylation is 1. The van der Waals surface area contributed by atoms with Gasteiger partial charge in [0, 0.05) is 17.8 Å². The number of benzene rings is 2. The number of rotatable bonds is 4. The number of nitrogens with one attached hydrogen (secondary N) is 1. The monoisotopic (exact) mass is 307 g/mol. The van der Waals surface area contributed by atoms with E-state index >= 15 is 0 Å². The van der Waals surface area contributed by atoms with Crippen molar-refractivity contribution in [3.05, 3.63) is 75.3 Å². The van der Waals surface area contributed by atoms with Crippen molar-refractivity contribution in [2.75, 3.05) is 5.32 Å². The summed E-state index contributed by atoms with van der Waals surface area (Å²) in [6, 6.07) is 14.7. The molecular weight excluding hydrogens is 294 g/mol. The predicted molar refractivity (Wildman–Crippen MR) is 86.5 cm³/mol. The molecule has 0 aliphatic carbocycles. The zero-order chi connectivity index (χ0) is 16.8. The number of nitriles is 1. The van der Waals surface area contributed by atoms with E-state index in [2.05, 4.69) is 5.32 Å². The van der Waals surface area contributed by atoms with Gasteiger partial charge in [-0.3, -0.25) is 14.9 Å². The highest BCUT2D eigenvalue weighted by Crippen LogP contribution is 2.18. The van der Waals surface area contributed by atoms with Crippen LogP contribution in [-0.4, -0.2) is 10.8 Å². The summed E-state index contributed by atoms with van der Waals surface area (Å²) >= 11 is 0. The van der Waals surface area contributed by atoms with E-state index in [9.17, 15) is 20.2 Å². The number of nitro benzene ring substituents is 1. The molecule has 0 fully saturated rings. The zero-order valence-electron chi connectivity index (χ0n) is 12.3. The molecular formula is C17H13N3O3. The van der Waals surface area contributed by atoms with Crippen LogP contribution in [0, 0.1) is 28.4 Å². The van der Waals surface area contributed by atoms with Gasteiger partial charge in [0.25, 0.3) is 11.6 Å². The molecule has 0 atom stereocenters. The molecule has 6 heteroatoms. The Balaban J connectivity index is 2.27. The van der Waals surface area contributed by atoms with Crippen molar-refractivity contribution in [1.29, 1.82) is 5.26 Å². The van der Waals surface area contributed by atoms with Crippen molar-refractivity contribution < 1.29 is 9.72 Å². The fraction of sp³-hybridized carbons (Fsp3) is 0.0588. The van der Waals surface area contributed by atoms with Crippen LogP contribution in [-0.2, 0) is 4.79 Å². The summed E-state index contributed by atoms with van der Waals surface area (Å²) < 4.78 is 0. The third-order valence-electron chi connectivity index (χ3n) is 3.15. The maximum Gasteiger partial charge on any atom is 0.270 e. The lowest BCUT2D eigenvalue weighted by Crippen LogP contribution is -2.14. The van der Waals surface area contributed by atoms with Crippen LogP contribution in [0.3, 0.4) is 0 Å². The standard InChI is InChI=1S/C17H13N3O3/c1-12-5-2-3-8-16(12)19-17(21)14(11-18)9-13-6-4-7-15(10-13)20(22)23/h2-10H,1H3,(H,19,21)/b14-9+. The maximum absolute atomic E-state index is 12.2. The molecule has 0 heterocycles. The molecule has 0 unspecified atom stereocenters. The molecule has 114 valence electrons. The second-order valence-corrected chi connectivity index (χ2v) is 4.79. The number of anilines is 1. The SMILES string of the molecule is Cc1ccccc1NC(=O)/C(C#N)=C/c1cccc([N+](=O)[O-])c1. The Labute approximate surface area is 132 Å². The first-order valence-electron chi connectivity index (χ1n) is 6.74. The average Bonchev–Trinajstić information content (AvgIpc) is 2.55. The van der Waals surface area contributed by atoms with Crippen LogP contribution >= 0.6 is 0 Å². The first-order valence-corrected chi connectivity index (χ1v) is 6.74. The second-order valence-electron chi connectivity index (χ2n) is 4.79. The molecule has 2 aromatic carbocycles. The van der Waals surface area contributed by atoms with Gasteiger partial charge in [0.1, 0.15) is 11.6 Å². The van der Waals surface area contributed by atoms with Crippen LogP contribution in [0.1, 0.15) is 11.1 Å². The van der Waals surface area contributed by atoms with Gasteiger partial charge < -0.3 is 5.32 Å². The van der Waals surface area contributed by atoms with Crippen molar-refractivity contribution in [3.63, 3.8) is 0 Å². The van der Waals surface area contributed by atoms with E-state index < -0.39 is 10.8 Å². The van der Waals surface area contributed by atoms with Crippen molar-refractivity contribution in [2.24, 2.45) is 0 Å². The molecule has 1 amide bonds. The normalized spacial score (nSPS) is 10.7. The largest absolute Gasteiger partial charge is 0.321 e. The molecule has 0 saturated carbocycles. The lowest BCUT2D eigenvalue weighted by Gasteiger charge is -2.07. The highest BCUT2D eigenvalue weighted by molar-refractivity contribution is 6.09. The van der Waals surface area contributed by atoms with Gasteiger partial charge in [0.15, 0.2) is 0 Å². The third-order valence-corrected chi connectivity index (χ3v) is 3.15. The Morgan fingerprint density at radius 1 is 1.26 bits per heavy atom. The lowest BCUT2D eigenvalue weighted by atomic mass is 10.1. The maximum atomic E-state index is 12.2. The highest BCUT2D eigenvalue weighted by atomic mass is 16.6. The summed E-state index contributed by atoms with van der Waals surface area (Å²) in [6.07, 6.45) is 1.32. The fourth-order valence-corrected chi connectivity index (χ4v) is 1.95. The molecule has 2 aromatic rings. The lowest BCUT2D eigenvalue weighted by molar-refractivity contribution is -0.384. The van der Waals surface area contributed by atoms with Crippen LogP contribution < -0.4 is 5.32 Å². The number of amides is 1. The summed E-state index contributed by atoms with van der Waals surface area (Å²) in [5.41, 5.74) is 1.66. The fourth-order valence-electron chi connectivity index (χ4n) is 1.95. The van der Waals surface area contributed by atoms with E-state index in [1.54, 1.807) is 18.2 Å². The smallest absolute Gasteiger partial charge is 0.270 e. The van der Waals surface area contributed by atoms with Gasteiger partial charge in [-0.1, -0.05) is 30.3 Å². The number of non-ortho nitro benzene ring substituents is 1. The van der Waals surface area contributed by atoms with Gasteiger partial charge in [0.05, 0.1) is 4.92 Å². The number of hydrogen-bond acceptors (Lipinski definition) is 4. The second kappa shape index (κ2) is 7.00. The summed E-state index contributed by atoms with van der Waals surface area (Å²) in [5.74, 6) is -0.562. The van der Waals surface area contributed by atoms with Crippen LogP contribution in [0.15, 0.2) is 54.1 Å².